The lowest BCUT2D eigenvalue weighted by molar-refractivity contribution is 0.0898. The Labute approximate surface area is 119 Å². The van der Waals surface area contributed by atoms with Crippen molar-refractivity contribution in [2.75, 3.05) is 0 Å². The first-order valence-corrected chi connectivity index (χ1v) is 6.84. The van der Waals surface area contributed by atoms with Crippen LogP contribution >= 0.6 is 0 Å². The van der Waals surface area contributed by atoms with Gasteiger partial charge < -0.3 is 4.74 Å². The highest BCUT2D eigenvalue weighted by Crippen LogP contribution is 2.37. The third-order valence-electron chi connectivity index (χ3n) is 3.81. The molecule has 2 nitrogen and oxygen atoms in total. The SMILES string of the molecule is CC(C)(Cc1ccc2c(c1)Cc1ccccc1-2)O[C]=O. The molecule has 0 fully saturated rings. The van der Waals surface area contributed by atoms with Crippen molar-refractivity contribution >= 4 is 6.47 Å². The molecule has 3 rings (SSSR count). The van der Waals surface area contributed by atoms with E-state index in [9.17, 15) is 4.79 Å². The van der Waals surface area contributed by atoms with Gasteiger partial charge in [-0.2, -0.15) is 0 Å². The number of fused-ring (bicyclic) bond motifs is 3. The van der Waals surface area contributed by atoms with Crippen molar-refractivity contribution in [2.24, 2.45) is 0 Å². The Kier molecular flexibility index (Phi) is 3.09. The van der Waals surface area contributed by atoms with Crippen molar-refractivity contribution in [3.05, 3.63) is 59.2 Å². The predicted molar refractivity (Wildman–Crippen MR) is 79.2 cm³/mol. The zero-order valence-corrected chi connectivity index (χ0v) is 11.8. The van der Waals surface area contributed by atoms with Crippen LogP contribution in [0.5, 0.6) is 0 Å². The van der Waals surface area contributed by atoms with E-state index in [0.29, 0.717) is 6.42 Å². The molecule has 2 aromatic carbocycles. The molecule has 0 atom stereocenters. The Bertz CT molecular complexity index is 656. The fourth-order valence-corrected chi connectivity index (χ4v) is 2.95. The minimum atomic E-state index is -0.512. The van der Waals surface area contributed by atoms with Crippen molar-refractivity contribution in [2.45, 2.75) is 32.3 Å². The van der Waals surface area contributed by atoms with Gasteiger partial charge in [-0.3, -0.25) is 0 Å². The van der Waals surface area contributed by atoms with Crippen LogP contribution in [-0.2, 0) is 22.4 Å². The van der Waals surface area contributed by atoms with Crippen LogP contribution in [0.2, 0.25) is 0 Å². The summed E-state index contributed by atoms with van der Waals surface area (Å²) in [6.07, 6.45) is 1.69. The molecule has 101 valence electrons. The zero-order valence-electron chi connectivity index (χ0n) is 11.8. The Hall–Kier alpha value is -2.09. The Morgan fingerprint density at radius 2 is 1.85 bits per heavy atom. The van der Waals surface area contributed by atoms with Gasteiger partial charge in [-0.1, -0.05) is 42.5 Å². The van der Waals surface area contributed by atoms with E-state index in [1.807, 2.05) is 13.8 Å². The molecule has 0 aliphatic heterocycles. The molecule has 1 radical (unpaired) electrons. The van der Waals surface area contributed by atoms with Crippen molar-refractivity contribution < 1.29 is 9.53 Å². The fourth-order valence-electron chi connectivity index (χ4n) is 2.95. The second kappa shape index (κ2) is 4.78. The lowest BCUT2D eigenvalue weighted by Gasteiger charge is -2.22. The molecule has 0 amide bonds. The van der Waals surface area contributed by atoms with Gasteiger partial charge in [0.25, 0.3) is 0 Å². The maximum absolute atomic E-state index is 10.4. The highest BCUT2D eigenvalue weighted by atomic mass is 16.5. The summed E-state index contributed by atoms with van der Waals surface area (Å²) in [6, 6.07) is 15.1. The van der Waals surface area contributed by atoms with E-state index in [-0.39, 0.29) is 0 Å². The van der Waals surface area contributed by atoms with Gasteiger partial charge in [-0.25, -0.2) is 4.79 Å². The Morgan fingerprint density at radius 1 is 1.10 bits per heavy atom. The smallest absolute Gasteiger partial charge is 0.418 e. The highest BCUT2D eigenvalue weighted by molar-refractivity contribution is 5.76. The van der Waals surface area contributed by atoms with Gasteiger partial charge in [0.05, 0.1) is 0 Å². The fraction of sp³-hybridized carbons (Fsp3) is 0.278. The minimum Gasteiger partial charge on any atom is -0.451 e. The van der Waals surface area contributed by atoms with Gasteiger partial charge in [0.1, 0.15) is 5.60 Å². The van der Waals surface area contributed by atoms with Crippen molar-refractivity contribution in [3.63, 3.8) is 0 Å². The van der Waals surface area contributed by atoms with Gasteiger partial charge in [-0.15, -0.1) is 0 Å². The van der Waals surface area contributed by atoms with Gasteiger partial charge in [-0.05, 0) is 48.1 Å². The molecule has 20 heavy (non-hydrogen) atoms. The number of rotatable bonds is 4. The van der Waals surface area contributed by atoms with Crippen LogP contribution in [0.3, 0.4) is 0 Å². The quantitative estimate of drug-likeness (QED) is 0.719. The summed E-state index contributed by atoms with van der Waals surface area (Å²) in [5.74, 6) is 0. The molecule has 0 aromatic heterocycles. The molecule has 2 aromatic rings. The average Bonchev–Trinajstić information content (AvgIpc) is 2.75. The largest absolute Gasteiger partial charge is 0.451 e. The highest BCUT2D eigenvalue weighted by Gasteiger charge is 2.22. The van der Waals surface area contributed by atoms with E-state index in [4.69, 9.17) is 4.74 Å². The summed E-state index contributed by atoms with van der Waals surface area (Å²) >= 11 is 0. The van der Waals surface area contributed by atoms with E-state index >= 15 is 0 Å². The summed E-state index contributed by atoms with van der Waals surface area (Å²) in [5.41, 5.74) is 6.08. The first-order chi connectivity index (χ1) is 9.59. The van der Waals surface area contributed by atoms with Crippen LogP contribution in [0.25, 0.3) is 11.1 Å². The molecule has 1 aliphatic rings. The summed E-state index contributed by atoms with van der Waals surface area (Å²) in [7, 11) is 0. The van der Waals surface area contributed by atoms with E-state index < -0.39 is 5.60 Å². The lowest BCUT2D eigenvalue weighted by atomic mass is 9.95. The predicted octanol–water partition coefficient (Wildman–Crippen LogP) is 3.66. The first kappa shape index (κ1) is 12.9. The lowest BCUT2D eigenvalue weighted by Crippen LogP contribution is -2.26. The number of carbonyl (C=O) groups excluding carboxylic acids is 1. The molecule has 0 bridgehead atoms. The third-order valence-corrected chi connectivity index (χ3v) is 3.81. The normalized spacial score (nSPS) is 12.7. The van der Waals surface area contributed by atoms with E-state index in [1.165, 1.54) is 27.8 Å². The van der Waals surface area contributed by atoms with E-state index in [2.05, 4.69) is 42.5 Å². The minimum absolute atomic E-state index is 0.512. The monoisotopic (exact) mass is 265 g/mol. The van der Waals surface area contributed by atoms with E-state index in [0.717, 1.165) is 6.42 Å². The molecule has 0 unspecified atom stereocenters. The van der Waals surface area contributed by atoms with E-state index in [1.54, 1.807) is 6.47 Å². The second-order valence-electron chi connectivity index (χ2n) is 5.95. The summed E-state index contributed by atoms with van der Waals surface area (Å²) < 4.78 is 5.01. The first-order valence-electron chi connectivity index (χ1n) is 6.84. The standard InChI is InChI=1S/C18H17O2/c1-18(2,20-12-19)11-13-7-8-17-15(9-13)10-14-5-3-4-6-16(14)17/h3-9H,10-11H2,1-2H3. The van der Waals surface area contributed by atoms with Crippen LogP contribution in [0, 0.1) is 0 Å². The number of hydrogen-bond acceptors (Lipinski definition) is 2. The number of benzene rings is 2. The summed E-state index contributed by atoms with van der Waals surface area (Å²) in [4.78, 5) is 10.4. The molecule has 2 heteroatoms. The average molecular weight is 265 g/mol. The van der Waals surface area contributed by atoms with Gasteiger partial charge >= 0.3 is 6.47 Å². The van der Waals surface area contributed by atoms with Crippen molar-refractivity contribution in [1.82, 2.24) is 0 Å². The van der Waals surface area contributed by atoms with Gasteiger partial charge in [0.2, 0.25) is 0 Å². The van der Waals surface area contributed by atoms with Crippen LogP contribution in [0.15, 0.2) is 42.5 Å². The van der Waals surface area contributed by atoms with Crippen LogP contribution in [0.4, 0.5) is 0 Å². The van der Waals surface area contributed by atoms with Crippen molar-refractivity contribution in [3.8, 4) is 11.1 Å². The third kappa shape index (κ3) is 2.34. The maximum Gasteiger partial charge on any atom is 0.418 e. The summed E-state index contributed by atoms with van der Waals surface area (Å²) in [5, 5.41) is 0. The van der Waals surface area contributed by atoms with Crippen LogP contribution in [-0.4, -0.2) is 12.1 Å². The molecule has 0 saturated heterocycles. The Balaban J connectivity index is 1.89. The van der Waals surface area contributed by atoms with Crippen molar-refractivity contribution in [1.29, 1.82) is 0 Å². The summed E-state index contributed by atoms with van der Waals surface area (Å²) in [6.45, 7) is 5.35. The molecule has 0 N–H and O–H groups in total. The number of hydrogen-bond donors (Lipinski definition) is 0. The molecular formula is C18H17O2. The second-order valence-corrected chi connectivity index (χ2v) is 5.95. The van der Waals surface area contributed by atoms with Crippen LogP contribution in [0.1, 0.15) is 30.5 Å². The molecular weight excluding hydrogens is 248 g/mol. The van der Waals surface area contributed by atoms with Crippen LogP contribution < -0.4 is 0 Å². The molecule has 0 heterocycles. The molecule has 1 aliphatic carbocycles. The molecule has 0 spiro atoms. The zero-order chi connectivity index (χ0) is 14.2. The van der Waals surface area contributed by atoms with Gasteiger partial charge in [0.15, 0.2) is 0 Å². The number of ether oxygens (including phenoxy) is 1. The maximum atomic E-state index is 10.4. The topological polar surface area (TPSA) is 26.3 Å². The molecule has 0 saturated carbocycles. The Morgan fingerprint density at radius 3 is 2.65 bits per heavy atom. The van der Waals surface area contributed by atoms with Gasteiger partial charge in [0, 0.05) is 6.42 Å².